The van der Waals surface area contributed by atoms with Gasteiger partial charge in [-0.1, -0.05) is 48.5 Å². The van der Waals surface area contributed by atoms with Gasteiger partial charge in [0.05, 0.1) is 22.3 Å². The molecule has 8 nitrogen and oxygen atoms in total. The highest BCUT2D eigenvalue weighted by Gasteiger charge is 2.27. The van der Waals surface area contributed by atoms with Crippen LogP contribution in [0.4, 0.5) is 0 Å². The standard InChI is InChI=1S/C32H20O8/c33-29(34)20-11-8-17-18-9-12-22(31(37)38)27-23(32(39)40)14-16(7-6-15-4-2-1-3-5-15)24(28(18)27)19-10-13-21(30(35)36)26(20)25(17)19/h1-5,8-14H,6-7H2,(H,33,34)(H,35,36)(H,37,38)(H,39,40). The normalized spacial score (nSPS) is 11.5. The molecular weight excluding hydrogens is 512 g/mol. The molecule has 6 rings (SSSR count). The summed E-state index contributed by atoms with van der Waals surface area (Å²) in [6.45, 7) is 0. The quantitative estimate of drug-likeness (QED) is 0.138. The molecule has 4 N–H and O–H groups in total. The number of aromatic carboxylic acids is 4. The van der Waals surface area contributed by atoms with Crippen molar-refractivity contribution in [3.05, 3.63) is 106 Å². The van der Waals surface area contributed by atoms with E-state index >= 15 is 0 Å². The predicted octanol–water partition coefficient (Wildman–Crippen LogP) is 6.32. The third-order valence-electron chi connectivity index (χ3n) is 7.53. The van der Waals surface area contributed by atoms with Gasteiger partial charge in [-0.15, -0.1) is 0 Å². The van der Waals surface area contributed by atoms with Gasteiger partial charge in [0, 0.05) is 10.8 Å². The summed E-state index contributed by atoms with van der Waals surface area (Å²) in [5, 5.41) is 43.2. The number of rotatable bonds is 7. The maximum Gasteiger partial charge on any atom is 0.336 e. The molecule has 0 fully saturated rings. The first kappa shape index (κ1) is 24.8. The summed E-state index contributed by atoms with van der Waals surface area (Å²) < 4.78 is 0. The summed E-state index contributed by atoms with van der Waals surface area (Å²) in [6, 6.07) is 19.8. The van der Waals surface area contributed by atoms with Crippen LogP contribution >= 0.6 is 0 Å². The van der Waals surface area contributed by atoms with E-state index in [-0.39, 0.29) is 33.0 Å². The highest BCUT2D eigenvalue weighted by molar-refractivity contribution is 6.38. The Hall–Kier alpha value is -5.50. The SMILES string of the molecule is O=C(O)c1ccc2c3ccc(C(=O)O)c4c(C(=O)O)cc(CCc5ccccc5)c(c5ccc(C(=O)O)c1c25)c43. The van der Waals surface area contributed by atoms with Crippen molar-refractivity contribution in [2.75, 3.05) is 0 Å². The Morgan fingerprint density at radius 2 is 0.925 bits per heavy atom. The lowest BCUT2D eigenvalue weighted by Gasteiger charge is -2.21. The Bertz CT molecular complexity index is 2040. The Morgan fingerprint density at radius 3 is 1.45 bits per heavy atom. The Balaban J connectivity index is 1.87. The van der Waals surface area contributed by atoms with E-state index in [1.165, 1.54) is 24.3 Å². The van der Waals surface area contributed by atoms with Crippen LogP contribution in [0.3, 0.4) is 0 Å². The molecule has 0 saturated carbocycles. The largest absolute Gasteiger partial charge is 0.478 e. The Kier molecular flexibility index (Phi) is 5.62. The number of fused-ring (bicyclic) bond motifs is 2. The average molecular weight is 533 g/mol. The van der Waals surface area contributed by atoms with Crippen molar-refractivity contribution >= 4 is 67.0 Å². The van der Waals surface area contributed by atoms with Gasteiger partial charge in [-0.3, -0.25) is 0 Å². The van der Waals surface area contributed by atoms with Crippen molar-refractivity contribution in [1.82, 2.24) is 0 Å². The monoisotopic (exact) mass is 532 g/mol. The zero-order chi connectivity index (χ0) is 28.3. The van der Waals surface area contributed by atoms with Crippen LogP contribution in [0.5, 0.6) is 0 Å². The van der Waals surface area contributed by atoms with Gasteiger partial charge in [-0.05, 0) is 80.6 Å². The van der Waals surface area contributed by atoms with Gasteiger partial charge in [0.25, 0.3) is 0 Å². The Morgan fingerprint density at radius 1 is 0.450 bits per heavy atom. The van der Waals surface area contributed by atoms with Crippen LogP contribution in [0, 0.1) is 0 Å². The summed E-state index contributed by atoms with van der Waals surface area (Å²) in [5.74, 6) is -5.12. The predicted molar refractivity (Wildman–Crippen MR) is 149 cm³/mol. The summed E-state index contributed by atoms with van der Waals surface area (Å²) in [5.41, 5.74) is 0.983. The molecule has 40 heavy (non-hydrogen) atoms. The number of benzene rings is 6. The Labute approximate surface area is 225 Å². The number of aryl methyl sites for hydroxylation is 2. The molecule has 0 amide bonds. The van der Waals surface area contributed by atoms with Crippen molar-refractivity contribution in [1.29, 1.82) is 0 Å². The minimum atomic E-state index is -1.28. The van der Waals surface area contributed by atoms with Crippen LogP contribution in [-0.4, -0.2) is 44.3 Å². The molecule has 6 aromatic rings. The van der Waals surface area contributed by atoms with Crippen molar-refractivity contribution < 1.29 is 39.6 Å². The van der Waals surface area contributed by atoms with E-state index in [2.05, 4.69) is 0 Å². The van der Waals surface area contributed by atoms with Gasteiger partial charge >= 0.3 is 23.9 Å². The molecule has 0 atom stereocenters. The van der Waals surface area contributed by atoms with E-state index in [9.17, 15) is 39.6 Å². The molecule has 6 aromatic carbocycles. The van der Waals surface area contributed by atoms with Crippen LogP contribution in [0.15, 0.2) is 72.8 Å². The van der Waals surface area contributed by atoms with Crippen molar-refractivity contribution in [2.24, 2.45) is 0 Å². The molecule has 0 aromatic heterocycles. The lowest BCUT2D eigenvalue weighted by molar-refractivity contribution is 0.0681. The molecule has 0 aliphatic heterocycles. The number of hydrogen-bond acceptors (Lipinski definition) is 4. The first-order chi connectivity index (χ1) is 19.2. The summed E-state index contributed by atoms with van der Waals surface area (Å²) in [7, 11) is 0. The molecule has 0 radical (unpaired) electrons. The second kappa shape index (κ2) is 9.06. The molecule has 0 aliphatic carbocycles. The summed E-state index contributed by atoms with van der Waals surface area (Å²) >= 11 is 0. The topological polar surface area (TPSA) is 149 Å². The molecule has 0 aliphatic rings. The van der Waals surface area contributed by atoms with Gasteiger partial charge in [-0.2, -0.15) is 0 Å². The highest BCUT2D eigenvalue weighted by Crippen LogP contribution is 2.45. The minimum absolute atomic E-state index is 0.0624. The van der Waals surface area contributed by atoms with E-state index in [1.807, 2.05) is 30.3 Å². The van der Waals surface area contributed by atoms with Crippen LogP contribution in [0.1, 0.15) is 52.6 Å². The van der Waals surface area contributed by atoms with E-state index in [0.717, 1.165) is 5.56 Å². The molecule has 0 bridgehead atoms. The zero-order valence-electron chi connectivity index (χ0n) is 20.8. The highest BCUT2D eigenvalue weighted by atomic mass is 16.4. The second-order valence-electron chi connectivity index (χ2n) is 9.65. The smallest absolute Gasteiger partial charge is 0.336 e. The van der Waals surface area contributed by atoms with E-state index in [0.29, 0.717) is 50.7 Å². The lowest BCUT2D eigenvalue weighted by Crippen LogP contribution is -2.09. The third kappa shape index (κ3) is 3.61. The molecule has 0 spiro atoms. The maximum absolute atomic E-state index is 12.5. The number of carboxylic acid groups (broad SMARTS) is 4. The number of hydrogen-bond donors (Lipinski definition) is 4. The van der Waals surface area contributed by atoms with Crippen molar-refractivity contribution in [2.45, 2.75) is 12.8 Å². The maximum atomic E-state index is 12.5. The van der Waals surface area contributed by atoms with E-state index in [4.69, 9.17) is 0 Å². The first-order valence-electron chi connectivity index (χ1n) is 12.4. The van der Waals surface area contributed by atoms with E-state index < -0.39 is 23.9 Å². The van der Waals surface area contributed by atoms with Crippen molar-refractivity contribution in [3.63, 3.8) is 0 Å². The number of carboxylic acids is 4. The molecule has 196 valence electrons. The van der Waals surface area contributed by atoms with E-state index in [1.54, 1.807) is 18.2 Å². The molecule has 0 saturated heterocycles. The number of carbonyl (C=O) groups is 4. The van der Waals surface area contributed by atoms with Gasteiger partial charge in [0.1, 0.15) is 0 Å². The van der Waals surface area contributed by atoms with Gasteiger partial charge in [0.2, 0.25) is 0 Å². The van der Waals surface area contributed by atoms with Crippen LogP contribution < -0.4 is 0 Å². The lowest BCUT2D eigenvalue weighted by atomic mass is 9.82. The van der Waals surface area contributed by atoms with Gasteiger partial charge < -0.3 is 20.4 Å². The first-order valence-corrected chi connectivity index (χ1v) is 12.4. The summed E-state index contributed by atoms with van der Waals surface area (Å²) in [6.07, 6.45) is 0.965. The van der Waals surface area contributed by atoms with Gasteiger partial charge in [0.15, 0.2) is 0 Å². The molecule has 0 unspecified atom stereocenters. The zero-order valence-corrected chi connectivity index (χ0v) is 20.8. The fourth-order valence-electron chi connectivity index (χ4n) is 5.91. The minimum Gasteiger partial charge on any atom is -0.478 e. The second-order valence-corrected chi connectivity index (χ2v) is 9.65. The molecule has 8 heteroatoms. The van der Waals surface area contributed by atoms with Crippen LogP contribution in [0.2, 0.25) is 0 Å². The molecule has 0 heterocycles. The fourth-order valence-corrected chi connectivity index (χ4v) is 5.91. The van der Waals surface area contributed by atoms with Crippen molar-refractivity contribution in [3.8, 4) is 0 Å². The third-order valence-corrected chi connectivity index (χ3v) is 7.53. The summed E-state index contributed by atoms with van der Waals surface area (Å²) in [4.78, 5) is 49.2. The molecular formula is C32H20O8. The average Bonchev–Trinajstić information content (AvgIpc) is 2.93. The fraction of sp³-hybridized carbons (Fsp3) is 0.0625. The van der Waals surface area contributed by atoms with Crippen LogP contribution in [-0.2, 0) is 12.8 Å². The van der Waals surface area contributed by atoms with Gasteiger partial charge in [-0.25, -0.2) is 19.2 Å². The van der Waals surface area contributed by atoms with Crippen LogP contribution in [0.25, 0.3) is 43.1 Å².